The highest BCUT2D eigenvalue weighted by atomic mass is 16.2. The van der Waals surface area contributed by atoms with Crippen molar-refractivity contribution in [2.24, 2.45) is 0 Å². The van der Waals surface area contributed by atoms with Gasteiger partial charge in [0.05, 0.1) is 6.61 Å². The van der Waals surface area contributed by atoms with Gasteiger partial charge in [0, 0.05) is 30.1 Å². The Hall–Kier alpha value is -1.79. The normalized spacial score (nSPS) is 13.6. The molecular weight excluding hydrogens is 238 g/mol. The van der Waals surface area contributed by atoms with E-state index in [4.69, 9.17) is 5.11 Å². The highest BCUT2D eigenvalue weighted by Crippen LogP contribution is 2.27. The standard InChI is InChI=1S/C16H19NO2/c1-2-17(15-10-11-15)16(19)14-8-6-13(7-9-14)5-3-4-12-18/h6-9,15,18H,2,4,10-12H2,1H3. The maximum Gasteiger partial charge on any atom is 0.254 e. The fourth-order valence-electron chi connectivity index (χ4n) is 2.04. The van der Waals surface area contributed by atoms with Crippen LogP contribution < -0.4 is 0 Å². The Balaban J connectivity index is 2.05. The zero-order valence-electron chi connectivity index (χ0n) is 11.2. The molecule has 1 aliphatic carbocycles. The molecule has 0 spiro atoms. The molecule has 100 valence electrons. The molecule has 2 rings (SSSR count). The van der Waals surface area contributed by atoms with Crippen LogP contribution in [0.25, 0.3) is 0 Å². The number of carbonyl (C=O) groups is 1. The van der Waals surface area contributed by atoms with Gasteiger partial charge in [-0.1, -0.05) is 11.8 Å². The van der Waals surface area contributed by atoms with E-state index in [1.54, 1.807) is 0 Å². The van der Waals surface area contributed by atoms with E-state index in [1.807, 2.05) is 36.1 Å². The van der Waals surface area contributed by atoms with Gasteiger partial charge in [-0.05, 0) is 44.0 Å². The van der Waals surface area contributed by atoms with Crippen LogP contribution in [0.15, 0.2) is 24.3 Å². The average Bonchev–Trinajstić information content (AvgIpc) is 3.25. The molecule has 19 heavy (non-hydrogen) atoms. The number of benzene rings is 1. The Morgan fingerprint density at radius 1 is 1.37 bits per heavy atom. The highest BCUT2D eigenvalue weighted by molar-refractivity contribution is 5.94. The number of nitrogens with zero attached hydrogens (tertiary/aromatic N) is 1. The summed E-state index contributed by atoms with van der Waals surface area (Å²) in [7, 11) is 0. The second kappa shape index (κ2) is 6.40. The van der Waals surface area contributed by atoms with Crippen LogP contribution in [0, 0.1) is 11.8 Å². The molecule has 0 atom stereocenters. The van der Waals surface area contributed by atoms with Crippen LogP contribution in [-0.4, -0.2) is 35.1 Å². The quantitative estimate of drug-likeness (QED) is 0.839. The molecule has 1 amide bonds. The van der Waals surface area contributed by atoms with E-state index in [1.165, 1.54) is 0 Å². The largest absolute Gasteiger partial charge is 0.395 e. The van der Waals surface area contributed by atoms with Gasteiger partial charge >= 0.3 is 0 Å². The third-order valence-corrected chi connectivity index (χ3v) is 3.19. The van der Waals surface area contributed by atoms with E-state index in [2.05, 4.69) is 11.8 Å². The lowest BCUT2D eigenvalue weighted by atomic mass is 10.1. The van der Waals surface area contributed by atoms with Gasteiger partial charge in [-0.3, -0.25) is 4.79 Å². The summed E-state index contributed by atoms with van der Waals surface area (Å²) in [4.78, 5) is 14.2. The van der Waals surface area contributed by atoms with Crippen LogP contribution in [0.2, 0.25) is 0 Å². The third kappa shape index (κ3) is 3.59. The third-order valence-electron chi connectivity index (χ3n) is 3.19. The number of hydrogen-bond acceptors (Lipinski definition) is 2. The van der Waals surface area contributed by atoms with Crippen molar-refractivity contribution in [3.8, 4) is 11.8 Å². The monoisotopic (exact) mass is 257 g/mol. The summed E-state index contributed by atoms with van der Waals surface area (Å²) >= 11 is 0. The first kappa shape index (κ1) is 13.6. The summed E-state index contributed by atoms with van der Waals surface area (Å²) in [6.07, 6.45) is 2.74. The predicted molar refractivity (Wildman–Crippen MR) is 74.8 cm³/mol. The molecule has 3 heteroatoms. The van der Waals surface area contributed by atoms with Gasteiger partial charge in [0.15, 0.2) is 0 Å². The molecular formula is C16H19NO2. The molecule has 1 N–H and O–H groups in total. The van der Waals surface area contributed by atoms with Crippen molar-refractivity contribution >= 4 is 5.91 Å². The average molecular weight is 257 g/mol. The van der Waals surface area contributed by atoms with Crippen LogP contribution in [0.1, 0.15) is 42.1 Å². The van der Waals surface area contributed by atoms with Gasteiger partial charge in [0.25, 0.3) is 5.91 Å². The maximum atomic E-state index is 12.3. The van der Waals surface area contributed by atoms with Gasteiger partial charge in [0.1, 0.15) is 0 Å². The van der Waals surface area contributed by atoms with Crippen LogP contribution in [0.4, 0.5) is 0 Å². The first-order valence-electron chi connectivity index (χ1n) is 6.77. The van der Waals surface area contributed by atoms with Crippen molar-refractivity contribution in [3.05, 3.63) is 35.4 Å². The molecule has 0 aromatic heterocycles. The zero-order valence-corrected chi connectivity index (χ0v) is 11.2. The summed E-state index contributed by atoms with van der Waals surface area (Å²) in [6, 6.07) is 7.82. The van der Waals surface area contributed by atoms with Gasteiger partial charge < -0.3 is 10.0 Å². The van der Waals surface area contributed by atoms with Crippen molar-refractivity contribution in [2.75, 3.05) is 13.2 Å². The number of hydrogen-bond donors (Lipinski definition) is 1. The molecule has 0 aliphatic heterocycles. The van der Waals surface area contributed by atoms with Crippen LogP contribution >= 0.6 is 0 Å². The van der Waals surface area contributed by atoms with E-state index in [9.17, 15) is 4.79 Å². The molecule has 0 heterocycles. The lowest BCUT2D eigenvalue weighted by molar-refractivity contribution is 0.0752. The van der Waals surface area contributed by atoms with E-state index in [0.29, 0.717) is 12.5 Å². The molecule has 1 saturated carbocycles. The minimum Gasteiger partial charge on any atom is -0.395 e. The molecule has 0 radical (unpaired) electrons. The summed E-state index contributed by atoms with van der Waals surface area (Å²) in [5.41, 5.74) is 1.60. The van der Waals surface area contributed by atoms with Gasteiger partial charge in [-0.15, -0.1) is 0 Å². The van der Waals surface area contributed by atoms with Gasteiger partial charge in [0.2, 0.25) is 0 Å². The predicted octanol–water partition coefficient (Wildman–Crippen LogP) is 2.04. The lowest BCUT2D eigenvalue weighted by Crippen LogP contribution is -2.32. The van der Waals surface area contributed by atoms with Gasteiger partial charge in [-0.2, -0.15) is 0 Å². The molecule has 1 aliphatic rings. The molecule has 1 aromatic carbocycles. The van der Waals surface area contributed by atoms with E-state index >= 15 is 0 Å². The number of aliphatic hydroxyl groups excluding tert-OH is 1. The molecule has 0 bridgehead atoms. The second-order valence-electron chi connectivity index (χ2n) is 4.68. The SMILES string of the molecule is CCN(C(=O)c1ccc(C#CCCO)cc1)C1CC1. The molecule has 0 unspecified atom stereocenters. The number of aliphatic hydroxyl groups is 1. The first-order valence-corrected chi connectivity index (χ1v) is 6.77. The van der Waals surface area contributed by atoms with Crippen LogP contribution in [0.5, 0.6) is 0 Å². The molecule has 3 nitrogen and oxygen atoms in total. The Morgan fingerprint density at radius 3 is 2.58 bits per heavy atom. The van der Waals surface area contributed by atoms with E-state index in [-0.39, 0.29) is 12.5 Å². The Morgan fingerprint density at radius 2 is 2.05 bits per heavy atom. The Bertz CT molecular complexity index is 492. The summed E-state index contributed by atoms with van der Waals surface area (Å²) < 4.78 is 0. The summed E-state index contributed by atoms with van der Waals surface area (Å²) in [6.45, 7) is 2.86. The zero-order chi connectivity index (χ0) is 13.7. The number of carbonyl (C=O) groups excluding carboxylic acids is 1. The smallest absolute Gasteiger partial charge is 0.254 e. The summed E-state index contributed by atoms with van der Waals surface area (Å²) in [5, 5.41) is 8.65. The molecule has 0 saturated heterocycles. The minimum atomic E-state index is 0.0798. The van der Waals surface area contributed by atoms with Crippen LogP contribution in [-0.2, 0) is 0 Å². The minimum absolute atomic E-state index is 0.0798. The fraction of sp³-hybridized carbons (Fsp3) is 0.438. The van der Waals surface area contributed by atoms with E-state index in [0.717, 1.165) is 30.5 Å². The van der Waals surface area contributed by atoms with Crippen molar-refractivity contribution in [2.45, 2.75) is 32.2 Å². The first-order chi connectivity index (χ1) is 9.26. The highest BCUT2D eigenvalue weighted by Gasteiger charge is 2.31. The second-order valence-corrected chi connectivity index (χ2v) is 4.68. The van der Waals surface area contributed by atoms with E-state index < -0.39 is 0 Å². The van der Waals surface area contributed by atoms with Crippen LogP contribution in [0.3, 0.4) is 0 Å². The van der Waals surface area contributed by atoms with Gasteiger partial charge in [-0.25, -0.2) is 0 Å². The summed E-state index contributed by atoms with van der Waals surface area (Å²) in [5.74, 6) is 5.93. The maximum absolute atomic E-state index is 12.3. The van der Waals surface area contributed by atoms with Crippen molar-refractivity contribution in [3.63, 3.8) is 0 Å². The van der Waals surface area contributed by atoms with Crippen molar-refractivity contribution in [1.82, 2.24) is 4.90 Å². The van der Waals surface area contributed by atoms with Crippen molar-refractivity contribution in [1.29, 1.82) is 0 Å². The molecule has 1 aromatic rings. The number of rotatable bonds is 4. The van der Waals surface area contributed by atoms with Crippen molar-refractivity contribution < 1.29 is 9.90 Å². The Labute approximate surface area is 114 Å². The topological polar surface area (TPSA) is 40.5 Å². The number of amides is 1. The molecule has 1 fully saturated rings. The Kier molecular flexibility index (Phi) is 4.59. The lowest BCUT2D eigenvalue weighted by Gasteiger charge is -2.20. The fourth-order valence-corrected chi connectivity index (χ4v) is 2.04.